The van der Waals surface area contributed by atoms with Gasteiger partial charge in [-0.15, -0.1) is 0 Å². The Morgan fingerprint density at radius 1 is 1.18 bits per heavy atom. The van der Waals surface area contributed by atoms with Gasteiger partial charge in [-0.05, 0) is 31.3 Å². The molecule has 4 rings (SSSR count). The van der Waals surface area contributed by atoms with E-state index >= 15 is 0 Å². The molecule has 11 heteroatoms. The molecule has 0 radical (unpaired) electrons. The maximum absolute atomic E-state index is 13.4. The number of phenols is 1. The van der Waals surface area contributed by atoms with Crippen LogP contribution in [0.15, 0.2) is 41.4 Å². The van der Waals surface area contributed by atoms with Crippen molar-refractivity contribution in [3.05, 3.63) is 52.5 Å². The van der Waals surface area contributed by atoms with E-state index in [1.807, 2.05) is 0 Å². The highest BCUT2D eigenvalue weighted by Gasteiger charge is 2.67. The summed E-state index contributed by atoms with van der Waals surface area (Å²) in [6, 6.07) is 1.43. The topological polar surface area (TPSA) is 208 Å². The summed E-state index contributed by atoms with van der Waals surface area (Å²) in [5, 5.41) is 55.1. The Hall–Kier alpha value is -3.67. The van der Waals surface area contributed by atoms with Gasteiger partial charge in [-0.2, -0.15) is 0 Å². The molecule has 0 aromatic heterocycles. The third kappa shape index (κ3) is 2.58. The molecule has 5 atom stereocenters. The molecular formula is C22H23N3O8. The minimum Gasteiger partial charge on any atom is -0.510 e. The van der Waals surface area contributed by atoms with E-state index in [4.69, 9.17) is 11.5 Å². The quantitative estimate of drug-likeness (QED) is 0.166. The second-order valence-corrected chi connectivity index (χ2v) is 8.67. The number of nitrogen functional groups attached to an aromatic ring is 1. The van der Waals surface area contributed by atoms with E-state index in [0.717, 1.165) is 0 Å². The molecule has 5 unspecified atom stereocenters. The van der Waals surface area contributed by atoms with Crippen molar-refractivity contribution in [2.24, 2.45) is 17.6 Å². The first-order valence-corrected chi connectivity index (χ1v) is 9.91. The lowest BCUT2D eigenvalue weighted by Crippen LogP contribution is -2.68. The van der Waals surface area contributed by atoms with Gasteiger partial charge in [-0.25, -0.2) is 0 Å². The van der Waals surface area contributed by atoms with Gasteiger partial charge in [-0.1, -0.05) is 12.6 Å². The maximum atomic E-state index is 13.4. The summed E-state index contributed by atoms with van der Waals surface area (Å²) >= 11 is 0. The van der Waals surface area contributed by atoms with Crippen LogP contribution in [0.5, 0.6) is 5.75 Å². The van der Waals surface area contributed by atoms with Crippen LogP contribution in [0.1, 0.15) is 15.9 Å². The predicted octanol–water partition coefficient (Wildman–Crippen LogP) is -0.856. The van der Waals surface area contributed by atoms with E-state index in [2.05, 4.69) is 6.58 Å². The van der Waals surface area contributed by atoms with Gasteiger partial charge in [0.25, 0.3) is 5.91 Å². The largest absolute Gasteiger partial charge is 0.510 e. The van der Waals surface area contributed by atoms with Crippen molar-refractivity contribution in [2.75, 3.05) is 19.8 Å². The number of ketones is 2. The standard InChI is InChI=1S/C22H23N3O8/c1-6-7-4-5-8(23)15(26)10(7)16(27)11-9(6)17(28)13-14(25(2)3)18(29)12(21(24)32)20(31)22(13,33)19(11)30/h4-5,9,13-14,17,26,28-30,33H,1,23H2,2-3H3,(H2,24,32). The van der Waals surface area contributed by atoms with Crippen molar-refractivity contribution in [2.45, 2.75) is 17.7 Å². The summed E-state index contributed by atoms with van der Waals surface area (Å²) in [5.41, 5.74) is 6.29. The van der Waals surface area contributed by atoms with Crippen LogP contribution in [-0.4, -0.2) is 79.7 Å². The Labute approximate surface area is 187 Å². The van der Waals surface area contributed by atoms with Crippen molar-refractivity contribution in [3.8, 4) is 5.75 Å². The van der Waals surface area contributed by atoms with Gasteiger partial charge < -0.3 is 37.0 Å². The Morgan fingerprint density at radius 2 is 1.79 bits per heavy atom. The number of hydrogen-bond donors (Lipinski definition) is 7. The average molecular weight is 457 g/mol. The summed E-state index contributed by atoms with van der Waals surface area (Å²) in [7, 11) is 2.91. The first-order chi connectivity index (χ1) is 15.3. The molecule has 0 bridgehead atoms. The van der Waals surface area contributed by atoms with Crippen LogP contribution in [0.25, 0.3) is 5.57 Å². The van der Waals surface area contributed by atoms with E-state index < -0.39 is 75.5 Å². The van der Waals surface area contributed by atoms with Gasteiger partial charge in [0.05, 0.1) is 34.9 Å². The number of amides is 1. The average Bonchev–Trinajstić information content (AvgIpc) is 2.72. The normalized spacial score (nSPS) is 31.5. The number of anilines is 1. The highest BCUT2D eigenvalue weighted by Crippen LogP contribution is 2.55. The number of rotatable bonds is 2. The number of carbonyl (C=O) groups excluding carboxylic acids is 3. The van der Waals surface area contributed by atoms with E-state index in [-0.39, 0.29) is 22.4 Å². The summed E-state index contributed by atoms with van der Waals surface area (Å²) in [6.45, 7) is 3.90. The molecule has 9 N–H and O–H groups in total. The summed E-state index contributed by atoms with van der Waals surface area (Å²) in [6.07, 6.45) is -1.72. The van der Waals surface area contributed by atoms with Gasteiger partial charge >= 0.3 is 0 Å². The molecule has 0 fully saturated rings. The third-order valence-corrected chi connectivity index (χ3v) is 6.77. The van der Waals surface area contributed by atoms with Crippen LogP contribution in [0, 0.1) is 11.8 Å². The second kappa shape index (κ2) is 6.91. The minimum absolute atomic E-state index is 0.116. The molecule has 1 aromatic carbocycles. The smallest absolute Gasteiger partial charge is 0.255 e. The molecule has 0 saturated heterocycles. The van der Waals surface area contributed by atoms with Gasteiger partial charge in [-0.3, -0.25) is 19.3 Å². The number of Topliss-reactive ketones (excluding diaryl/α,β-unsaturated/α-hetero) is 2. The second-order valence-electron chi connectivity index (χ2n) is 8.67. The molecule has 11 nitrogen and oxygen atoms in total. The van der Waals surface area contributed by atoms with E-state index in [0.29, 0.717) is 0 Å². The number of aliphatic hydroxyl groups excluding tert-OH is 3. The number of nitrogens with zero attached hydrogens (tertiary/aromatic N) is 1. The number of carbonyl (C=O) groups is 3. The number of aromatic hydroxyl groups is 1. The molecule has 3 aliphatic rings. The van der Waals surface area contributed by atoms with Crippen LogP contribution in [0.2, 0.25) is 0 Å². The molecule has 1 amide bonds. The lowest BCUT2D eigenvalue weighted by atomic mass is 9.56. The Morgan fingerprint density at radius 3 is 2.33 bits per heavy atom. The van der Waals surface area contributed by atoms with E-state index in [1.165, 1.54) is 31.1 Å². The lowest BCUT2D eigenvalue weighted by molar-refractivity contribution is -0.159. The van der Waals surface area contributed by atoms with Crippen LogP contribution >= 0.6 is 0 Å². The highest BCUT2D eigenvalue weighted by molar-refractivity contribution is 6.25. The fourth-order valence-corrected chi connectivity index (χ4v) is 5.27. The number of fused-ring (bicyclic) bond motifs is 3. The zero-order valence-electron chi connectivity index (χ0n) is 17.7. The van der Waals surface area contributed by atoms with Crippen molar-refractivity contribution >= 4 is 28.7 Å². The van der Waals surface area contributed by atoms with Crippen molar-refractivity contribution in [1.29, 1.82) is 0 Å². The summed E-state index contributed by atoms with van der Waals surface area (Å²) in [5.74, 6) is -9.19. The third-order valence-electron chi connectivity index (χ3n) is 6.77. The number of primary amides is 1. The van der Waals surface area contributed by atoms with Crippen molar-refractivity contribution in [3.63, 3.8) is 0 Å². The lowest BCUT2D eigenvalue weighted by Gasteiger charge is -2.52. The molecule has 0 heterocycles. The molecule has 33 heavy (non-hydrogen) atoms. The zero-order chi connectivity index (χ0) is 24.7. The zero-order valence-corrected chi connectivity index (χ0v) is 17.7. The molecule has 3 aliphatic carbocycles. The number of benzene rings is 1. The molecule has 0 saturated carbocycles. The van der Waals surface area contributed by atoms with Gasteiger partial charge in [0.1, 0.15) is 22.8 Å². The molecule has 0 aliphatic heterocycles. The molecule has 0 spiro atoms. The van der Waals surface area contributed by atoms with E-state index in [9.17, 15) is 39.9 Å². The summed E-state index contributed by atoms with van der Waals surface area (Å²) < 4.78 is 0. The first kappa shape index (κ1) is 22.5. The molecule has 174 valence electrons. The number of likely N-dealkylation sites (N-methyl/N-ethyl adjacent to an activating group) is 1. The van der Waals surface area contributed by atoms with Crippen LogP contribution in [0.4, 0.5) is 5.69 Å². The SMILES string of the molecule is C=C1c2ccc(N)c(O)c2C(=O)C2=C(O)C3(O)C(=O)C(C(N)=O)=C(O)C(N(C)C)C3C(O)C12. The van der Waals surface area contributed by atoms with Crippen LogP contribution in [-0.2, 0) is 9.59 Å². The number of nitrogens with two attached hydrogens (primary N) is 2. The van der Waals surface area contributed by atoms with E-state index in [1.54, 1.807) is 0 Å². The fourth-order valence-electron chi connectivity index (χ4n) is 5.27. The van der Waals surface area contributed by atoms with Crippen molar-refractivity contribution < 1.29 is 39.9 Å². The minimum atomic E-state index is -2.97. The fraction of sp³-hybridized carbons (Fsp3) is 0.318. The maximum Gasteiger partial charge on any atom is 0.255 e. The summed E-state index contributed by atoms with van der Waals surface area (Å²) in [4.78, 5) is 39.9. The molecular weight excluding hydrogens is 434 g/mol. The van der Waals surface area contributed by atoms with Crippen molar-refractivity contribution in [1.82, 2.24) is 4.90 Å². The highest BCUT2D eigenvalue weighted by atomic mass is 16.4. The van der Waals surface area contributed by atoms with Crippen LogP contribution < -0.4 is 11.5 Å². The Balaban J connectivity index is 2.08. The number of aliphatic hydroxyl groups is 4. The number of phenolic OH excluding ortho intramolecular Hbond substituents is 1. The molecule has 1 aromatic rings. The number of hydrogen-bond acceptors (Lipinski definition) is 10. The van der Waals surface area contributed by atoms with Gasteiger partial charge in [0.15, 0.2) is 11.4 Å². The Kier molecular flexibility index (Phi) is 4.72. The van der Waals surface area contributed by atoms with Gasteiger partial charge in [0.2, 0.25) is 5.78 Å². The predicted molar refractivity (Wildman–Crippen MR) is 115 cm³/mol. The van der Waals surface area contributed by atoms with Gasteiger partial charge in [0, 0.05) is 5.92 Å². The first-order valence-electron chi connectivity index (χ1n) is 9.91. The van der Waals surface area contributed by atoms with Crippen LogP contribution in [0.3, 0.4) is 0 Å². The Bertz CT molecular complexity index is 1230. The monoisotopic (exact) mass is 457 g/mol.